The van der Waals surface area contributed by atoms with Gasteiger partial charge in [-0.1, -0.05) is 25.2 Å². The van der Waals surface area contributed by atoms with Crippen molar-refractivity contribution in [2.75, 3.05) is 18.5 Å². The highest BCUT2D eigenvalue weighted by Crippen LogP contribution is 2.40. The van der Waals surface area contributed by atoms with Crippen molar-refractivity contribution in [2.24, 2.45) is 5.92 Å². The summed E-state index contributed by atoms with van der Waals surface area (Å²) in [6.45, 7) is 5.81. The molecule has 0 spiro atoms. The van der Waals surface area contributed by atoms with Crippen LogP contribution in [0.3, 0.4) is 0 Å². The van der Waals surface area contributed by atoms with Gasteiger partial charge in [-0.2, -0.15) is 0 Å². The molecule has 112 valence electrons. The number of fused-ring (bicyclic) bond motifs is 1. The van der Waals surface area contributed by atoms with Crippen molar-refractivity contribution in [3.63, 3.8) is 0 Å². The Kier molecular flexibility index (Phi) is 4.32. The first kappa shape index (κ1) is 14.3. The van der Waals surface area contributed by atoms with Gasteiger partial charge in [-0.25, -0.2) is 4.98 Å². The Bertz CT molecular complexity index is 451. The summed E-state index contributed by atoms with van der Waals surface area (Å²) in [6, 6.07) is 1.31. The third kappa shape index (κ3) is 3.01. The predicted molar refractivity (Wildman–Crippen MR) is 86.7 cm³/mol. The van der Waals surface area contributed by atoms with Crippen LogP contribution in [0.15, 0.2) is 0 Å². The van der Waals surface area contributed by atoms with Crippen molar-refractivity contribution in [1.29, 1.82) is 0 Å². The summed E-state index contributed by atoms with van der Waals surface area (Å²) in [5.41, 5.74) is 1.37. The summed E-state index contributed by atoms with van der Waals surface area (Å²) in [6.07, 6.45) is 7.70. The van der Waals surface area contributed by atoms with E-state index >= 15 is 0 Å². The molecule has 2 aliphatic carbocycles. The molecule has 0 aromatic carbocycles. The fourth-order valence-electron chi connectivity index (χ4n) is 3.02. The van der Waals surface area contributed by atoms with Crippen LogP contribution >= 0.6 is 11.3 Å². The summed E-state index contributed by atoms with van der Waals surface area (Å²) < 4.78 is 0. The first-order chi connectivity index (χ1) is 9.69. The van der Waals surface area contributed by atoms with E-state index in [-0.39, 0.29) is 0 Å². The van der Waals surface area contributed by atoms with Crippen LogP contribution in [0.1, 0.15) is 62.6 Å². The number of thiazole rings is 1. The lowest BCUT2D eigenvalue weighted by atomic mass is 9.98. The van der Waals surface area contributed by atoms with E-state index in [0.717, 1.165) is 12.0 Å². The quantitative estimate of drug-likeness (QED) is 0.865. The third-order valence-corrected chi connectivity index (χ3v) is 5.72. The third-order valence-electron chi connectivity index (χ3n) is 4.47. The van der Waals surface area contributed by atoms with Gasteiger partial charge in [-0.15, -0.1) is 0 Å². The number of hydrogen-bond acceptors (Lipinski definition) is 4. The Hall–Kier alpha value is -0.610. The van der Waals surface area contributed by atoms with Crippen molar-refractivity contribution >= 4 is 16.5 Å². The Balaban J connectivity index is 1.79. The lowest BCUT2D eigenvalue weighted by molar-refractivity contribution is 0.501. The molecule has 1 aromatic heterocycles. The Morgan fingerprint density at radius 1 is 1.35 bits per heavy atom. The first-order valence-electron chi connectivity index (χ1n) is 8.12. The second-order valence-corrected chi connectivity index (χ2v) is 7.66. The average molecular weight is 293 g/mol. The molecule has 0 aliphatic heterocycles. The largest absolute Gasteiger partial charge is 0.345 e. The standard InChI is InChI=1S/C16H27N3S/c1-11(2)9-10-19(12-7-8-12)16-18-14-6-4-5-13(17-3)15(14)20-16/h11-13,17H,4-10H2,1-3H3. The van der Waals surface area contributed by atoms with Crippen molar-refractivity contribution < 1.29 is 0 Å². The van der Waals surface area contributed by atoms with Gasteiger partial charge >= 0.3 is 0 Å². The molecule has 2 aliphatic rings. The molecule has 4 heteroatoms. The molecule has 3 nitrogen and oxygen atoms in total. The molecule has 0 radical (unpaired) electrons. The number of rotatable bonds is 6. The van der Waals surface area contributed by atoms with E-state index in [2.05, 4.69) is 31.1 Å². The van der Waals surface area contributed by atoms with Crippen LogP contribution in [-0.2, 0) is 6.42 Å². The van der Waals surface area contributed by atoms with Crippen molar-refractivity contribution in [3.8, 4) is 0 Å². The SMILES string of the molecule is CNC1CCCc2nc(N(CCC(C)C)C3CC3)sc21. The molecule has 0 amide bonds. The van der Waals surface area contributed by atoms with E-state index in [1.807, 2.05) is 11.3 Å². The highest BCUT2D eigenvalue weighted by atomic mass is 32.1. The summed E-state index contributed by atoms with van der Waals surface area (Å²) in [7, 11) is 2.08. The van der Waals surface area contributed by atoms with E-state index in [9.17, 15) is 0 Å². The molecule has 1 unspecified atom stereocenters. The van der Waals surface area contributed by atoms with Crippen molar-refractivity contribution in [2.45, 2.75) is 64.5 Å². The highest BCUT2D eigenvalue weighted by Gasteiger charge is 2.33. The van der Waals surface area contributed by atoms with E-state index in [0.29, 0.717) is 6.04 Å². The van der Waals surface area contributed by atoms with Gasteiger partial charge in [0.2, 0.25) is 0 Å². The Morgan fingerprint density at radius 3 is 2.80 bits per heavy atom. The van der Waals surface area contributed by atoms with E-state index < -0.39 is 0 Å². The molecule has 1 N–H and O–H groups in total. The zero-order chi connectivity index (χ0) is 14.1. The maximum Gasteiger partial charge on any atom is 0.186 e. The van der Waals surface area contributed by atoms with Crippen LogP contribution in [-0.4, -0.2) is 24.6 Å². The monoisotopic (exact) mass is 293 g/mol. The van der Waals surface area contributed by atoms with Crippen LogP contribution < -0.4 is 10.2 Å². The number of nitrogens with zero attached hydrogens (tertiary/aromatic N) is 2. The van der Waals surface area contributed by atoms with Crippen LogP contribution in [0.2, 0.25) is 0 Å². The lowest BCUT2D eigenvalue weighted by Gasteiger charge is -2.22. The number of aromatic nitrogens is 1. The van der Waals surface area contributed by atoms with Crippen LogP contribution in [0.4, 0.5) is 5.13 Å². The average Bonchev–Trinajstić information content (AvgIpc) is 3.16. The zero-order valence-corrected chi connectivity index (χ0v) is 13.8. The van der Waals surface area contributed by atoms with Gasteiger partial charge in [0.05, 0.1) is 5.69 Å². The van der Waals surface area contributed by atoms with E-state index in [1.54, 1.807) is 0 Å². The lowest BCUT2D eigenvalue weighted by Crippen LogP contribution is -2.27. The predicted octanol–water partition coefficient (Wildman–Crippen LogP) is 3.75. The molecule has 3 rings (SSSR count). The van der Waals surface area contributed by atoms with Gasteiger partial charge in [-0.3, -0.25) is 0 Å². The van der Waals surface area contributed by atoms with Crippen molar-refractivity contribution in [1.82, 2.24) is 10.3 Å². The number of aryl methyl sites for hydroxylation is 1. The topological polar surface area (TPSA) is 28.2 Å². The zero-order valence-electron chi connectivity index (χ0n) is 13.0. The molecule has 20 heavy (non-hydrogen) atoms. The summed E-state index contributed by atoms with van der Waals surface area (Å²) in [5.74, 6) is 0.774. The molecule has 1 fully saturated rings. The summed E-state index contributed by atoms with van der Waals surface area (Å²) >= 11 is 1.95. The number of nitrogens with one attached hydrogen (secondary N) is 1. The smallest absolute Gasteiger partial charge is 0.186 e. The number of hydrogen-bond donors (Lipinski definition) is 1. The fourth-order valence-corrected chi connectivity index (χ4v) is 4.38. The minimum absolute atomic E-state index is 0.538. The van der Waals surface area contributed by atoms with Gasteiger partial charge in [0.15, 0.2) is 5.13 Å². The Labute approximate surface area is 126 Å². The van der Waals surface area contributed by atoms with Gasteiger partial charge < -0.3 is 10.2 Å². The minimum Gasteiger partial charge on any atom is -0.345 e. The molecule has 0 bridgehead atoms. The second-order valence-electron chi connectivity index (χ2n) is 6.65. The molecule has 1 atom stereocenters. The van der Waals surface area contributed by atoms with Crippen LogP contribution in [0, 0.1) is 5.92 Å². The first-order valence-corrected chi connectivity index (χ1v) is 8.94. The van der Waals surface area contributed by atoms with Gasteiger partial charge in [0.1, 0.15) is 0 Å². The maximum atomic E-state index is 4.99. The maximum absolute atomic E-state index is 4.99. The summed E-state index contributed by atoms with van der Waals surface area (Å²) in [5, 5.41) is 4.75. The molecule has 1 heterocycles. The molecule has 1 aromatic rings. The van der Waals surface area contributed by atoms with Crippen LogP contribution in [0.25, 0.3) is 0 Å². The normalized spacial score (nSPS) is 22.1. The Morgan fingerprint density at radius 2 is 2.15 bits per heavy atom. The molecule has 1 saturated carbocycles. The van der Waals surface area contributed by atoms with Crippen LogP contribution in [0.5, 0.6) is 0 Å². The number of anilines is 1. The molecule has 0 saturated heterocycles. The van der Waals surface area contributed by atoms with E-state index in [4.69, 9.17) is 4.98 Å². The minimum atomic E-state index is 0.538. The molecular formula is C16H27N3S. The van der Waals surface area contributed by atoms with Crippen molar-refractivity contribution in [3.05, 3.63) is 10.6 Å². The molecular weight excluding hydrogens is 266 g/mol. The second kappa shape index (κ2) is 6.02. The van der Waals surface area contributed by atoms with E-state index in [1.165, 1.54) is 60.8 Å². The summed E-state index contributed by atoms with van der Waals surface area (Å²) in [4.78, 5) is 9.09. The van der Waals surface area contributed by atoms with Gasteiger partial charge in [0, 0.05) is 23.5 Å². The van der Waals surface area contributed by atoms with Gasteiger partial charge in [-0.05, 0) is 51.5 Å². The van der Waals surface area contributed by atoms with Gasteiger partial charge in [0.25, 0.3) is 0 Å². The fraction of sp³-hybridized carbons (Fsp3) is 0.812. The highest BCUT2D eigenvalue weighted by molar-refractivity contribution is 7.15.